The number of hydrogen-bond acceptors (Lipinski definition) is 4. The number of amides is 1. The molecule has 1 fully saturated rings. The van der Waals surface area contributed by atoms with Gasteiger partial charge < -0.3 is 42.9 Å². The van der Waals surface area contributed by atoms with E-state index in [2.05, 4.69) is 31.5 Å². The Morgan fingerprint density at radius 3 is 2.53 bits per heavy atom. The van der Waals surface area contributed by atoms with E-state index in [4.69, 9.17) is 9.15 Å². The molecule has 2 heterocycles. The van der Waals surface area contributed by atoms with Crippen molar-refractivity contribution in [3.8, 4) is 0 Å². The highest BCUT2D eigenvalue weighted by atomic mass is 127. The number of ether oxygens (including phenoxy) is 1. The fourth-order valence-electron chi connectivity index (χ4n) is 4.31. The van der Waals surface area contributed by atoms with Crippen LogP contribution in [0.1, 0.15) is 41.1 Å². The topological polar surface area (TPSA) is 68.5 Å². The molecule has 1 aliphatic heterocycles. The number of likely N-dealkylation sites (tertiary alicyclic amines) is 1. The predicted octanol–water partition coefficient (Wildman–Crippen LogP) is -0.0293. The number of carbonyl (C=O) groups excluding carboxylic acids is 2. The number of hydrogen-bond donors (Lipinski definition) is 1. The normalized spacial score (nSPS) is 20.1. The maximum absolute atomic E-state index is 12.9. The zero-order valence-electron chi connectivity index (χ0n) is 17.9. The lowest BCUT2D eigenvalue weighted by molar-refractivity contribution is -0.899. The maximum Gasteiger partial charge on any atom is 0.308 e. The lowest BCUT2D eigenvalue weighted by Crippen LogP contribution is -3.00. The SMILES string of the molecule is COC(=O)CC1(NC(=O)c2ccc(CCc3ccccc3)o2)CCC[N+](C)(C)C1.[I-]. The Balaban J connectivity index is 0.00000320. The van der Waals surface area contributed by atoms with Crippen molar-refractivity contribution in [1.82, 2.24) is 5.32 Å². The van der Waals surface area contributed by atoms with Gasteiger partial charge in [-0.05, 0) is 37.0 Å². The van der Waals surface area contributed by atoms with Crippen LogP contribution in [0, 0.1) is 0 Å². The molecule has 2 aromatic rings. The van der Waals surface area contributed by atoms with Crippen molar-refractivity contribution in [2.24, 2.45) is 0 Å². The first kappa shape index (κ1) is 24.4. The van der Waals surface area contributed by atoms with E-state index in [-0.39, 0.29) is 48.0 Å². The van der Waals surface area contributed by atoms with Crippen LogP contribution in [0.2, 0.25) is 0 Å². The van der Waals surface area contributed by atoms with Crippen molar-refractivity contribution in [3.05, 3.63) is 59.5 Å². The van der Waals surface area contributed by atoms with Crippen LogP contribution in [0.25, 0.3) is 0 Å². The summed E-state index contributed by atoms with van der Waals surface area (Å²) in [5.74, 6) is 0.478. The Labute approximate surface area is 195 Å². The number of halogens is 1. The number of methoxy groups -OCH3 is 1. The summed E-state index contributed by atoms with van der Waals surface area (Å²) in [5.41, 5.74) is 0.609. The van der Waals surface area contributed by atoms with E-state index in [0.717, 1.165) is 42.5 Å². The Kier molecular flexibility index (Phi) is 8.49. The van der Waals surface area contributed by atoms with Crippen LogP contribution in [0.3, 0.4) is 0 Å². The molecule has 6 nitrogen and oxygen atoms in total. The number of furan rings is 1. The van der Waals surface area contributed by atoms with E-state index in [0.29, 0.717) is 6.54 Å². The molecule has 1 atom stereocenters. The van der Waals surface area contributed by atoms with E-state index in [1.54, 1.807) is 6.07 Å². The zero-order valence-corrected chi connectivity index (χ0v) is 20.1. The molecular weight excluding hydrogens is 495 g/mol. The molecule has 1 unspecified atom stereocenters. The Bertz CT molecular complexity index is 850. The highest BCUT2D eigenvalue weighted by Gasteiger charge is 2.44. The summed E-state index contributed by atoms with van der Waals surface area (Å²) in [7, 11) is 5.62. The first-order chi connectivity index (χ1) is 13.8. The number of rotatable bonds is 7. The first-order valence-electron chi connectivity index (χ1n) is 10.1. The molecule has 1 aliphatic rings. The monoisotopic (exact) mass is 526 g/mol. The number of benzene rings is 1. The number of esters is 1. The summed E-state index contributed by atoms with van der Waals surface area (Å²) in [4.78, 5) is 25.0. The van der Waals surface area contributed by atoms with Gasteiger partial charge in [0.05, 0.1) is 39.7 Å². The van der Waals surface area contributed by atoms with Crippen LogP contribution in [0.5, 0.6) is 0 Å². The summed E-state index contributed by atoms with van der Waals surface area (Å²) in [6.07, 6.45) is 3.43. The van der Waals surface area contributed by atoms with Gasteiger partial charge in [-0.2, -0.15) is 0 Å². The van der Waals surface area contributed by atoms with Crippen molar-refractivity contribution >= 4 is 11.9 Å². The number of aryl methyl sites for hydroxylation is 2. The Morgan fingerprint density at radius 1 is 1.13 bits per heavy atom. The smallest absolute Gasteiger partial charge is 0.308 e. The second-order valence-corrected chi connectivity index (χ2v) is 8.66. The molecular formula is C23H31IN2O4. The van der Waals surface area contributed by atoms with E-state index in [9.17, 15) is 9.59 Å². The van der Waals surface area contributed by atoms with Gasteiger partial charge in [-0.25, -0.2) is 0 Å². The number of piperidine rings is 1. The van der Waals surface area contributed by atoms with Crippen LogP contribution in [0.15, 0.2) is 46.9 Å². The summed E-state index contributed by atoms with van der Waals surface area (Å²) < 4.78 is 11.4. The van der Waals surface area contributed by atoms with Gasteiger partial charge in [0.2, 0.25) is 0 Å². The molecule has 1 saturated heterocycles. The largest absolute Gasteiger partial charge is 1.00 e. The molecule has 30 heavy (non-hydrogen) atoms. The van der Waals surface area contributed by atoms with E-state index in [1.165, 1.54) is 12.7 Å². The number of nitrogens with one attached hydrogen (secondary N) is 1. The highest BCUT2D eigenvalue weighted by Crippen LogP contribution is 2.28. The van der Waals surface area contributed by atoms with Gasteiger partial charge in [-0.3, -0.25) is 9.59 Å². The highest BCUT2D eigenvalue weighted by molar-refractivity contribution is 5.92. The van der Waals surface area contributed by atoms with Crippen molar-refractivity contribution in [2.75, 3.05) is 34.3 Å². The summed E-state index contributed by atoms with van der Waals surface area (Å²) >= 11 is 0. The van der Waals surface area contributed by atoms with Crippen LogP contribution < -0.4 is 29.3 Å². The van der Waals surface area contributed by atoms with Crippen LogP contribution >= 0.6 is 0 Å². The van der Waals surface area contributed by atoms with Crippen molar-refractivity contribution in [3.63, 3.8) is 0 Å². The first-order valence-corrected chi connectivity index (χ1v) is 10.1. The Hall–Kier alpha value is -1.87. The molecule has 1 aromatic heterocycles. The van der Waals surface area contributed by atoms with Gasteiger partial charge in [0, 0.05) is 6.42 Å². The Morgan fingerprint density at radius 2 is 1.87 bits per heavy atom. The number of carbonyl (C=O) groups is 2. The molecule has 0 spiro atoms. The minimum atomic E-state index is -0.622. The van der Waals surface area contributed by atoms with E-state index >= 15 is 0 Å². The third-order valence-electron chi connectivity index (χ3n) is 5.63. The van der Waals surface area contributed by atoms with Gasteiger partial charge in [-0.15, -0.1) is 0 Å². The van der Waals surface area contributed by atoms with Crippen molar-refractivity contribution in [2.45, 2.75) is 37.6 Å². The van der Waals surface area contributed by atoms with Gasteiger partial charge in [0.1, 0.15) is 12.3 Å². The number of nitrogens with zero attached hydrogens (tertiary/aromatic N) is 1. The van der Waals surface area contributed by atoms with Crippen LogP contribution in [-0.4, -0.2) is 56.2 Å². The number of likely N-dealkylation sites (N-methyl/N-ethyl adjacent to an activating group) is 1. The molecule has 1 N–H and O–H groups in total. The molecule has 0 saturated carbocycles. The van der Waals surface area contributed by atoms with E-state index < -0.39 is 5.54 Å². The summed E-state index contributed by atoms with van der Waals surface area (Å²) in [5, 5.41) is 3.11. The van der Waals surface area contributed by atoms with Gasteiger partial charge >= 0.3 is 5.97 Å². The molecule has 164 valence electrons. The van der Waals surface area contributed by atoms with Crippen molar-refractivity contribution in [1.29, 1.82) is 0 Å². The van der Waals surface area contributed by atoms with Gasteiger partial charge in [0.25, 0.3) is 5.91 Å². The quantitative estimate of drug-likeness (QED) is 0.313. The third-order valence-corrected chi connectivity index (χ3v) is 5.63. The number of quaternary nitrogens is 1. The minimum absolute atomic E-state index is 0. The fourth-order valence-corrected chi connectivity index (χ4v) is 4.31. The second kappa shape index (κ2) is 10.4. The molecule has 1 amide bonds. The summed E-state index contributed by atoms with van der Waals surface area (Å²) in [6.45, 7) is 1.69. The summed E-state index contributed by atoms with van der Waals surface area (Å²) in [6, 6.07) is 13.7. The van der Waals surface area contributed by atoms with Crippen LogP contribution in [-0.2, 0) is 22.4 Å². The van der Waals surface area contributed by atoms with Crippen LogP contribution in [0.4, 0.5) is 0 Å². The third kappa shape index (κ3) is 6.57. The predicted molar refractivity (Wildman–Crippen MR) is 110 cm³/mol. The lowest BCUT2D eigenvalue weighted by atomic mass is 9.84. The minimum Gasteiger partial charge on any atom is -1.00 e. The van der Waals surface area contributed by atoms with Gasteiger partial charge in [0.15, 0.2) is 5.76 Å². The van der Waals surface area contributed by atoms with Gasteiger partial charge in [-0.1, -0.05) is 30.3 Å². The molecule has 0 radical (unpaired) electrons. The molecule has 0 bridgehead atoms. The molecule has 7 heteroatoms. The van der Waals surface area contributed by atoms with E-state index in [1.807, 2.05) is 24.3 Å². The zero-order chi connectivity index (χ0) is 20.9. The lowest BCUT2D eigenvalue weighted by Gasteiger charge is -2.45. The molecule has 0 aliphatic carbocycles. The molecule has 3 rings (SSSR count). The average molecular weight is 526 g/mol. The fraction of sp³-hybridized carbons (Fsp3) is 0.478. The molecule has 1 aromatic carbocycles. The second-order valence-electron chi connectivity index (χ2n) is 8.66. The van der Waals surface area contributed by atoms with Crippen molar-refractivity contribution < 1.29 is 47.2 Å². The standard InChI is InChI=1S/C23H30N2O4.HI/c1-25(2)15-7-14-23(17-25,16-21(26)28-3)24-22(27)20-13-12-19(29-20)11-10-18-8-5-4-6-9-18;/h4-6,8-9,12-13H,7,10-11,14-17H2,1-3H3;1H. The maximum atomic E-state index is 12.9. The average Bonchev–Trinajstić information content (AvgIpc) is 3.15.